The molecule has 1 aliphatic rings. The van der Waals surface area contributed by atoms with E-state index < -0.39 is 16.0 Å². The average Bonchev–Trinajstić information content (AvgIpc) is 2.98. The monoisotopic (exact) mass is 377 g/mol. The van der Waals surface area contributed by atoms with Gasteiger partial charge in [-0.2, -0.15) is 0 Å². The molecule has 0 amide bonds. The van der Waals surface area contributed by atoms with E-state index in [-0.39, 0.29) is 27.9 Å². The molecule has 3 rings (SSSR count). The molecule has 2 aromatic carbocycles. The van der Waals surface area contributed by atoms with Gasteiger partial charge in [0.2, 0.25) is 0 Å². The molecule has 26 heavy (non-hydrogen) atoms. The summed E-state index contributed by atoms with van der Waals surface area (Å²) in [5.74, 6) is -1.23. The summed E-state index contributed by atoms with van der Waals surface area (Å²) in [5, 5.41) is 9.43. The Labute approximate surface area is 151 Å². The maximum absolute atomic E-state index is 13.2. The van der Waals surface area contributed by atoms with Crippen molar-refractivity contribution in [3.63, 3.8) is 0 Å². The SMILES string of the molecule is COc1cc(S(=O)(=O)N2CC(C)c3ccccc32)cc(C(=O)O)c1OC. The Morgan fingerprint density at radius 1 is 1.19 bits per heavy atom. The number of hydrogen-bond acceptors (Lipinski definition) is 5. The quantitative estimate of drug-likeness (QED) is 0.861. The lowest BCUT2D eigenvalue weighted by Crippen LogP contribution is -2.30. The predicted octanol–water partition coefficient (Wildman–Crippen LogP) is 2.71. The van der Waals surface area contributed by atoms with Gasteiger partial charge in [-0.1, -0.05) is 25.1 Å². The molecule has 1 heterocycles. The Hall–Kier alpha value is -2.74. The molecular formula is C18H19NO6S. The van der Waals surface area contributed by atoms with E-state index in [4.69, 9.17) is 9.47 Å². The van der Waals surface area contributed by atoms with Crippen LogP contribution in [0.3, 0.4) is 0 Å². The first-order chi connectivity index (χ1) is 12.3. The molecule has 0 fully saturated rings. The van der Waals surface area contributed by atoms with E-state index in [1.807, 2.05) is 19.1 Å². The first-order valence-corrected chi connectivity index (χ1v) is 9.36. The number of hydrogen-bond donors (Lipinski definition) is 1. The summed E-state index contributed by atoms with van der Waals surface area (Å²) in [6.45, 7) is 2.24. The number of carbonyl (C=O) groups is 1. The predicted molar refractivity (Wildman–Crippen MR) is 95.9 cm³/mol. The zero-order valence-corrected chi connectivity index (χ0v) is 15.4. The lowest BCUT2D eigenvalue weighted by atomic mass is 10.0. The number of fused-ring (bicyclic) bond motifs is 1. The molecule has 2 aromatic rings. The van der Waals surface area contributed by atoms with Crippen LogP contribution in [0.2, 0.25) is 0 Å². The fourth-order valence-electron chi connectivity index (χ4n) is 3.18. The van der Waals surface area contributed by atoms with Crippen molar-refractivity contribution in [1.82, 2.24) is 0 Å². The second kappa shape index (κ2) is 6.53. The largest absolute Gasteiger partial charge is 0.493 e. The number of nitrogens with zero attached hydrogens (tertiary/aromatic N) is 1. The van der Waals surface area contributed by atoms with Gasteiger partial charge < -0.3 is 14.6 Å². The standard InChI is InChI=1S/C18H19NO6S/c1-11-10-19(15-7-5-4-6-13(11)15)26(22,23)12-8-14(18(20)21)17(25-3)16(9-12)24-2/h4-9,11H,10H2,1-3H3,(H,20,21). The molecule has 1 atom stereocenters. The second-order valence-electron chi connectivity index (χ2n) is 6.01. The molecular weight excluding hydrogens is 358 g/mol. The van der Waals surface area contributed by atoms with Crippen LogP contribution >= 0.6 is 0 Å². The number of sulfonamides is 1. The molecule has 0 aliphatic carbocycles. The average molecular weight is 377 g/mol. The van der Waals surface area contributed by atoms with Crippen molar-refractivity contribution >= 4 is 21.7 Å². The molecule has 0 saturated carbocycles. The maximum Gasteiger partial charge on any atom is 0.339 e. The van der Waals surface area contributed by atoms with E-state index in [1.54, 1.807) is 12.1 Å². The van der Waals surface area contributed by atoms with E-state index >= 15 is 0 Å². The normalized spacial score (nSPS) is 16.3. The van der Waals surface area contributed by atoms with Gasteiger partial charge >= 0.3 is 5.97 Å². The third kappa shape index (κ3) is 2.76. The molecule has 0 saturated heterocycles. The molecule has 1 N–H and O–H groups in total. The third-order valence-electron chi connectivity index (χ3n) is 4.45. The van der Waals surface area contributed by atoms with Crippen LogP contribution in [-0.4, -0.2) is 40.3 Å². The fraction of sp³-hybridized carbons (Fsp3) is 0.278. The maximum atomic E-state index is 13.2. The van der Waals surface area contributed by atoms with Gasteiger partial charge in [0.15, 0.2) is 11.5 Å². The van der Waals surface area contributed by atoms with Crippen molar-refractivity contribution in [1.29, 1.82) is 0 Å². The van der Waals surface area contributed by atoms with E-state index in [0.29, 0.717) is 12.2 Å². The molecule has 7 nitrogen and oxygen atoms in total. The van der Waals surface area contributed by atoms with Gasteiger partial charge in [0, 0.05) is 18.5 Å². The summed E-state index contributed by atoms with van der Waals surface area (Å²) in [6, 6.07) is 9.67. The summed E-state index contributed by atoms with van der Waals surface area (Å²) in [5.41, 5.74) is 1.27. The van der Waals surface area contributed by atoms with Gasteiger partial charge in [-0.3, -0.25) is 4.31 Å². The van der Waals surface area contributed by atoms with Crippen LogP contribution in [0.15, 0.2) is 41.3 Å². The number of ether oxygens (including phenoxy) is 2. The van der Waals surface area contributed by atoms with Crippen LogP contribution in [0.1, 0.15) is 28.8 Å². The molecule has 138 valence electrons. The minimum absolute atomic E-state index is 0.0193. The zero-order valence-electron chi connectivity index (χ0n) is 14.6. The summed E-state index contributed by atoms with van der Waals surface area (Å²) < 4.78 is 38.0. The van der Waals surface area contributed by atoms with Gasteiger partial charge in [-0.15, -0.1) is 0 Å². The van der Waals surface area contributed by atoms with E-state index in [0.717, 1.165) is 11.6 Å². The van der Waals surface area contributed by atoms with E-state index in [2.05, 4.69) is 0 Å². The number of carboxylic acid groups (broad SMARTS) is 1. The van der Waals surface area contributed by atoms with Crippen LogP contribution in [0, 0.1) is 0 Å². The van der Waals surface area contributed by atoms with Gasteiger partial charge in [-0.25, -0.2) is 13.2 Å². The summed E-state index contributed by atoms with van der Waals surface area (Å²) >= 11 is 0. The minimum atomic E-state index is -3.96. The minimum Gasteiger partial charge on any atom is -0.493 e. The summed E-state index contributed by atoms with van der Waals surface area (Å²) in [4.78, 5) is 11.4. The van der Waals surface area contributed by atoms with Crippen molar-refractivity contribution in [3.8, 4) is 11.5 Å². The summed E-state index contributed by atoms with van der Waals surface area (Å²) in [6.07, 6.45) is 0. The van der Waals surface area contributed by atoms with E-state index in [9.17, 15) is 18.3 Å². The van der Waals surface area contributed by atoms with Crippen molar-refractivity contribution in [2.24, 2.45) is 0 Å². The summed E-state index contributed by atoms with van der Waals surface area (Å²) in [7, 11) is -1.34. The second-order valence-corrected chi connectivity index (χ2v) is 7.87. The van der Waals surface area contributed by atoms with Crippen molar-refractivity contribution < 1.29 is 27.8 Å². The van der Waals surface area contributed by atoms with Crippen LogP contribution in [0.25, 0.3) is 0 Å². The van der Waals surface area contributed by atoms with Crippen molar-refractivity contribution in [3.05, 3.63) is 47.5 Å². The Morgan fingerprint density at radius 3 is 2.50 bits per heavy atom. The van der Waals surface area contributed by atoms with Crippen molar-refractivity contribution in [2.75, 3.05) is 25.1 Å². The Balaban J connectivity index is 2.17. The van der Waals surface area contributed by atoms with Crippen molar-refractivity contribution in [2.45, 2.75) is 17.7 Å². The highest BCUT2D eigenvalue weighted by molar-refractivity contribution is 7.92. The molecule has 0 radical (unpaired) electrons. The number of methoxy groups -OCH3 is 2. The Kier molecular flexibility index (Phi) is 4.53. The number of para-hydroxylation sites is 1. The fourth-order valence-corrected chi connectivity index (χ4v) is 4.80. The Morgan fingerprint density at radius 2 is 1.88 bits per heavy atom. The topological polar surface area (TPSA) is 93.1 Å². The van der Waals surface area contributed by atoms with Crippen LogP contribution in [-0.2, 0) is 10.0 Å². The number of aromatic carboxylic acids is 1. The van der Waals surface area contributed by atoms with E-state index in [1.165, 1.54) is 24.6 Å². The number of anilines is 1. The highest BCUT2D eigenvalue weighted by Crippen LogP contribution is 2.41. The molecule has 8 heteroatoms. The molecule has 1 unspecified atom stereocenters. The van der Waals surface area contributed by atoms with Crippen LogP contribution < -0.4 is 13.8 Å². The van der Waals surface area contributed by atoms with Gasteiger partial charge in [0.1, 0.15) is 5.56 Å². The van der Waals surface area contributed by atoms with Crippen LogP contribution in [0.5, 0.6) is 11.5 Å². The molecule has 0 aromatic heterocycles. The number of rotatable bonds is 5. The molecule has 1 aliphatic heterocycles. The first kappa shape index (κ1) is 18.1. The lowest BCUT2D eigenvalue weighted by molar-refractivity contribution is 0.0692. The highest BCUT2D eigenvalue weighted by Gasteiger charge is 2.35. The number of benzene rings is 2. The zero-order chi connectivity index (χ0) is 19.1. The molecule has 0 spiro atoms. The Bertz CT molecular complexity index is 970. The number of carboxylic acids is 1. The first-order valence-electron chi connectivity index (χ1n) is 7.92. The highest BCUT2D eigenvalue weighted by atomic mass is 32.2. The van der Waals surface area contributed by atoms with Gasteiger partial charge in [0.05, 0.1) is 24.8 Å². The van der Waals surface area contributed by atoms with Crippen LogP contribution in [0.4, 0.5) is 5.69 Å². The van der Waals surface area contributed by atoms with Gasteiger partial charge in [-0.05, 0) is 17.7 Å². The lowest BCUT2D eigenvalue weighted by Gasteiger charge is -2.21. The molecule has 0 bridgehead atoms. The smallest absolute Gasteiger partial charge is 0.339 e. The van der Waals surface area contributed by atoms with Gasteiger partial charge in [0.25, 0.3) is 10.0 Å². The third-order valence-corrected chi connectivity index (χ3v) is 6.20.